The lowest BCUT2D eigenvalue weighted by molar-refractivity contribution is 0.102. The Kier molecular flexibility index (Phi) is 5.08. The molecule has 2 aromatic carbocycles. The smallest absolute Gasteiger partial charge is 0.255 e. The fraction of sp³-hybridized carbons (Fsp3) is 0.235. The Morgan fingerprint density at radius 2 is 1.72 bits per heavy atom. The number of hydrogen-bond donors (Lipinski definition) is 1. The van der Waals surface area contributed by atoms with E-state index in [1.54, 1.807) is 0 Å². The average molecular weight is 383 g/mol. The molecule has 25 heavy (non-hydrogen) atoms. The topological polar surface area (TPSA) is 66.5 Å². The molecule has 0 aliphatic carbocycles. The van der Waals surface area contributed by atoms with Crippen molar-refractivity contribution < 1.29 is 17.6 Å². The Morgan fingerprint density at radius 3 is 2.36 bits per heavy atom. The lowest BCUT2D eigenvalue weighted by atomic mass is 10.2. The molecule has 1 aliphatic rings. The second-order valence-corrected chi connectivity index (χ2v) is 8.09. The van der Waals surface area contributed by atoms with Gasteiger partial charge < -0.3 is 5.32 Å². The van der Waals surface area contributed by atoms with Crippen molar-refractivity contribution in [3.8, 4) is 0 Å². The molecule has 0 aromatic heterocycles. The van der Waals surface area contributed by atoms with E-state index in [1.165, 1.54) is 40.7 Å². The van der Waals surface area contributed by atoms with Crippen molar-refractivity contribution in [2.45, 2.75) is 17.7 Å². The van der Waals surface area contributed by atoms with Gasteiger partial charge in [0.05, 0.1) is 10.6 Å². The van der Waals surface area contributed by atoms with E-state index in [0.717, 1.165) is 18.9 Å². The number of anilines is 1. The fourth-order valence-corrected chi connectivity index (χ4v) is 4.33. The van der Waals surface area contributed by atoms with Crippen molar-refractivity contribution in [1.82, 2.24) is 4.31 Å². The summed E-state index contributed by atoms with van der Waals surface area (Å²) < 4.78 is 40.0. The van der Waals surface area contributed by atoms with E-state index in [4.69, 9.17) is 11.6 Å². The number of sulfonamides is 1. The predicted molar refractivity (Wildman–Crippen MR) is 93.8 cm³/mol. The van der Waals surface area contributed by atoms with Gasteiger partial charge in [0.15, 0.2) is 0 Å². The van der Waals surface area contributed by atoms with Gasteiger partial charge in [0.2, 0.25) is 10.0 Å². The molecule has 0 radical (unpaired) electrons. The summed E-state index contributed by atoms with van der Waals surface area (Å²) in [4.78, 5) is 12.4. The van der Waals surface area contributed by atoms with Crippen LogP contribution in [0.2, 0.25) is 5.02 Å². The van der Waals surface area contributed by atoms with Gasteiger partial charge in [-0.25, -0.2) is 12.8 Å². The van der Waals surface area contributed by atoms with E-state index in [0.29, 0.717) is 18.1 Å². The minimum Gasteiger partial charge on any atom is -0.319 e. The van der Waals surface area contributed by atoms with Crippen molar-refractivity contribution in [3.63, 3.8) is 0 Å². The molecule has 0 unspecified atom stereocenters. The average Bonchev–Trinajstić information content (AvgIpc) is 3.13. The highest BCUT2D eigenvalue weighted by atomic mass is 35.5. The Bertz CT molecular complexity index is 895. The summed E-state index contributed by atoms with van der Waals surface area (Å²) in [7, 11) is -3.53. The van der Waals surface area contributed by atoms with Gasteiger partial charge >= 0.3 is 0 Å². The number of amides is 1. The number of carbonyl (C=O) groups is 1. The van der Waals surface area contributed by atoms with Crippen LogP contribution >= 0.6 is 11.6 Å². The molecule has 1 N–H and O–H groups in total. The molecule has 0 atom stereocenters. The van der Waals surface area contributed by atoms with Crippen molar-refractivity contribution >= 4 is 33.2 Å². The summed E-state index contributed by atoms with van der Waals surface area (Å²) in [5.74, 6) is -1.16. The maximum Gasteiger partial charge on any atom is 0.255 e. The summed E-state index contributed by atoms with van der Waals surface area (Å²) in [5, 5.41) is 2.72. The number of nitrogens with zero attached hydrogens (tertiary/aromatic N) is 1. The minimum absolute atomic E-state index is 0.0359. The quantitative estimate of drug-likeness (QED) is 0.879. The minimum atomic E-state index is -3.53. The molecule has 1 saturated heterocycles. The molecule has 1 fully saturated rings. The molecule has 0 saturated carbocycles. The van der Waals surface area contributed by atoms with Gasteiger partial charge in [-0.15, -0.1) is 0 Å². The first kappa shape index (κ1) is 17.8. The molecular weight excluding hydrogens is 367 g/mol. The van der Waals surface area contributed by atoms with Gasteiger partial charge in [0.25, 0.3) is 5.91 Å². The van der Waals surface area contributed by atoms with Crippen LogP contribution in [-0.2, 0) is 10.0 Å². The Hall–Kier alpha value is -1.96. The van der Waals surface area contributed by atoms with Gasteiger partial charge in [0.1, 0.15) is 5.82 Å². The van der Waals surface area contributed by atoms with Crippen LogP contribution in [0, 0.1) is 5.82 Å². The number of halogens is 2. The number of carbonyl (C=O) groups excluding carboxylic acids is 1. The lowest BCUT2D eigenvalue weighted by Crippen LogP contribution is -2.27. The summed E-state index contributed by atoms with van der Waals surface area (Å²) in [6.07, 6.45) is 1.70. The van der Waals surface area contributed by atoms with Crippen LogP contribution in [0.15, 0.2) is 47.4 Å². The van der Waals surface area contributed by atoms with Gasteiger partial charge in [-0.05, 0) is 55.3 Å². The van der Waals surface area contributed by atoms with Gasteiger partial charge in [0, 0.05) is 23.7 Å². The summed E-state index contributed by atoms with van der Waals surface area (Å²) in [6, 6.07) is 9.42. The molecule has 2 aromatic rings. The molecule has 3 rings (SSSR count). The van der Waals surface area contributed by atoms with Crippen LogP contribution in [0.25, 0.3) is 0 Å². The van der Waals surface area contributed by atoms with Crippen molar-refractivity contribution in [3.05, 3.63) is 58.9 Å². The monoisotopic (exact) mass is 382 g/mol. The Morgan fingerprint density at radius 1 is 1.08 bits per heavy atom. The molecule has 1 amide bonds. The summed E-state index contributed by atoms with van der Waals surface area (Å²) in [6.45, 7) is 1.03. The van der Waals surface area contributed by atoms with Gasteiger partial charge in [-0.3, -0.25) is 4.79 Å². The highest BCUT2D eigenvalue weighted by molar-refractivity contribution is 7.89. The van der Waals surface area contributed by atoms with Crippen molar-refractivity contribution in [1.29, 1.82) is 0 Å². The molecule has 0 spiro atoms. The van der Waals surface area contributed by atoms with E-state index in [2.05, 4.69) is 5.32 Å². The zero-order chi connectivity index (χ0) is 18.0. The lowest BCUT2D eigenvalue weighted by Gasteiger charge is -2.15. The molecule has 5 nitrogen and oxygen atoms in total. The third-order valence-electron chi connectivity index (χ3n) is 4.00. The van der Waals surface area contributed by atoms with Crippen LogP contribution in [0.3, 0.4) is 0 Å². The van der Waals surface area contributed by atoms with E-state index in [-0.39, 0.29) is 16.1 Å². The first-order chi connectivity index (χ1) is 11.9. The second-order valence-electron chi connectivity index (χ2n) is 5.71. The van der Waals surface area contributed by atoms with E-state index in [1.807, 2.05) is 0 Å². The normalized spacial score (nSPS) is 15.3. The zero-order valence-electron chi connectivity index (χ0n) is 13.2. The first-order valence-electron chi connectivity index (χ1n) is 7.74. The maximum atomic E-state index is 13.7. The maximum absolute atomic E-state index is 13.7. The van der Waals surface area contributed by atoms with E-state index in [9.17, 15) is 17.6 Å². The van der Waals surface area contributed by atoms with Crippen LogP contribution < -0.4 is 5.32 Å². The molecule has 1 heterocycles. The van der Waals surface area contributed by atoms with Gasteiger partial charge in [-0.1, -0.05) is 11.6 Å². The number of rotatable bonds is 4. The van der Waals surface area contributed by atoms with Crippen molar-refractivity contribution in [2.75, 3.05) is 18.4 Å². The standard InChI is InChI=1S/C17H16ClFN2O3S/c18-13-5-8-15(19)16(11-13)20-17(22)12-3-6-14(7-4-12)25(23,24)21-9-1-2-10-21/h3-8,11H,1-2,9-10H2,(H,20,22). The largest absolute Gasteiger partial charge is 0.319 e. The highest BCUT2D eigenvalue weighted by Gasteiger charge is 2.27. The Balaban J connectivity index is 1.78. The Labute approximate surface area is 150 Å². The first-order valence-corrected chi connectivity index (χ1v) is 9.56. The third-order valence-corrected chi connectivity index (χ3v) is 6.14. The number of nitrogens with one attached hydrogen (secondary N) is 1. The fourth-order valence-electron chi connectivity index (χ4n) is 2.64. The van der Waals surface area contributed by atoms with E-state index < -0.39 is 21.7 Å². The zero-order valence-corrected chi connectivity index (χ0v) is 14.8. The third kappa shape index (κ3) is 3.84. The van der Waals surface area contributed by atoms with E-state index >= 15 is 0 Å². The number of hydrogen-bond acceptors (Lipinski definition) is 3. The molecule has 132 valence electrons. The SMILES string of the molecule is O=C(Nc1cc(Cl)ccc1F)c1ccc(S(=O)(=O)N2CCCC2)cc1. The highest BCUT2D eigenvalue weighted by Crippen LogP contribution is 2.23. The van der Waals surface area contributed by atoms with Crippen molar-refractivity contribution in [2.24, 2.45) is 0 Å². The summed E-state index contributed by atoms with van der Waals surface area (Å²) in [5.41, 5.74) is 0.186. The van der Waals surface area contributed by atoms with Crippen LogP contribution in [0.4, 0.5) is 10.1 Å². The molecule has 8 heteroatoms. The van der Waals surface area contributed by atoms with Crippen LogP contribution in [0.5, 0.6) is 0 Å². The molecular formula is C17H16ClFN2O3S. The molecule has 1 aliphatic heterocycles. The van der Waals surface area contributed by atoms with Gasteiger partial charge in [-0.2, -0.15) is 4.31 Å². The number of benzene rings is 2. The summed E-state index contributed by atoms with van der Waals surface area (Å²) >= 11 is 5.79. The predicted octanol–water partition coefficient (Wildman–Crippen LogP) is 3.52. The van der Waals surface area contributed by atoms with Crippen LogP contribution in [-0.4, -0.2) is 31.7 Å². The van der Waals surface area contributed by atoms with Crippen LogP contribution in [0.1, 0.15) is 23.2 Å². The second kappa shape index (κ2) is 7.11. The molecule has 0 bridgehead atoms.